The molecule has 0 bridgehead atoms. The minimum Gasteiger partial charge on any atom is -0.497 e. The Labute approximate surface area is 192 Å². The molecule has 0 N–H and O–H groups in total. The molecule has 4 heteroatoms. The summed E-state index contributed by atoms with van der Waals surface area (Å²) in [7, 11) is 1.66. The Morgan fingerprint density at radius 1 is 0.818 bits per heavy atom. The van der Waals surface area contributed by atoms with E-state index in [0.717, 1.165) is 45.0 Å². The lowest BCUT2D eigenvalue weighted by Crippen LogP contribution is -1.97. The summed E-state index contributed by atoms with van der Waals surface area (Å²) in [5.74, 6) is 1.54. The van der Waals surface area contributed by atoms with Crippen LogP contribution in [0.4, 0.5) is 0 Å². The lowest BCUT2D eigenvalue weighted by Gasteiger charge is -2.11. The van der Waals surface area contributed by atoms with Crippen molar-refractivity contribution in [3.05, 3.63) is 114 Å². The van der Waals surface area contributed by atoms with Crippen LogP contribution in [0.2, 0.25) is 0 Å². The van der Waals surface area contributed by atoms with Gasteiger partial charge in [-0.3, -0.25) is 0 Å². The topological polar surface area (TPSA) is 46.7 Å². The third-order valence-electron chi connectivity index (χ3n) is 5.65. The summed E-state index contributed by atoms with van der Waals surface area (Å²) in [5.41, 5.74) is 6.61. The van der Waals surface area contributed by atoms with E-state index in [1.807, 2.05) is 79.0 Å². The molecule has 0 aliphatic rings. The zero-order chi connectivity index (χ0) is 22.6. The molecule has 0 aliphatic heterocycles. The Balaban J connectivity index is 1.74. The number of rotatable bonds is 6. The number of benzene rings is 3. The summed E-state index contributed by atoms with van der Waals surface area (Å²) in [6.45, 7) is 0.377. The van der Waals surface area contributed by atoms with E-state index in [1.54, 1.807) is 7.11 Å². The summed E-state index contributed by atoms with van der Waals surface area (Å²) in [4.78, 5) is 0. The molecule has 5 rings (SSSR count). The van der Waals surface area contributed by atoms with E-state index in [9.17, 15) is 5.26 Å². The van der Waals surface area contributed by atoms with Gasteiger partial charge in [0, 0.05) is 6.20 Å². The molecule has 2 aromatic heterocycles. The van der Waals surface area contributed by atoms with Crippen molar-refractivity contribution in [2.45, 2.75) is 6.61 Å². The molecule has 0 atom stereocenters. The number of ether oxygens (including phenoxy) is 2. The number of fused-ring (bicyclic) bond motifs is 1. The average molecular weight is 431 g/mol. The summed E-state index contributed by atoms with van der Waals surface area (Å²) < 4.78 is 14.0. The number of nitrogens with zero attached hydrogens (tertiary/aromatic N) is 2. The molecular weight excluding hydrogens is 408 g/mol. The van der Waals surface area contributed by atoms with Gasteiger partial charge in [-0.1, -0.05) is 72.8 Å². The fraction of sp³-hybridized carbons (Fsp3) is 0.0690. The van der Waals surface area contributed by atoms with Gasteiger partial charge in [0.2, 0.25) is 0 Å². The van der Waals surface area contributed by atoms with Gasteiger partial charge in [0.05, 0.1) is 35.5 Å². The zero-order valence-corrected chi connectivity index (χ0v) is 18.2. The van der Waals surface area contributed by atoms with E-state index < -0.39 is 0 Å². The molecule has 2 heterocycles. The number of pyridine rings is 1. The van der Waals surface area contributed by atoms with Crippen LogP contribution in [0.3, 0.4) is 0 Å². The van der Waals surface area contributed by atoms with E-state index in [4.69, 9.17) is 9.47 Å². The second-order valence-electron chi connectivity index (χ2n) is 7.71. The predicted octanol–water partition coefficient (Wildman–Crippen LogP) is 6.73. The van der Waals surface area contributed by atoms with Crippen LogP contribution in [-0.4, -0.2) is 11.5 Å². The predicted molar refractivity (Wildman–Crippen MR) is 130 cm³/mol. The number of nitriles is 1. The van der Waals surface area contributed by atoms with Crippen molar-refractivity contribution < 1.29 is 9.47 Å². The van der Waals surface area contributed by atoms with Crippen molar-refractivity contribution in [2.24, 2.45) is 0 Å². The van der Waals surface area contributed by atoms with Crippen molar-refractivity contribution in [3.8, 4) is 40.0 Å². The third-order valence-corrected chi connectivity index (χ3v) is 5.65. The monoisotopic (exact) mass is 430 g/mol. The number of hydrogen-bond acceptors (Lipinski definition) is 3. The third kappa shape index (κ3) is 3.93. The second kappa shape index (κ2) is 8.94. The zero-order valence-electron chi connectivity index (χ0n) is 18.2. The lowest BCUT2D eigenvalue weighted by atomic mass is 10.0. The van der Waals surface area contributed by atoms with Crippen molar-refractivity contribution in [1.29, 1.82) is 5.26 Å². The summed E-state index contributed by atoms with van der Waals surface area (Å²) >= 11 is 0. The highest BCUT2D eigenvalue weighted by atomic mass is 16.5. The van der Waals surface area contributed by atoms with Crippen molar-refractivity contribution in [1.82, 2.24) is 4.40 Å². The van der Waals surface area contributed by atoms with E-state index in [1.165, 1.54) is 0 Å². The first-order valence-corrected chi connectivity index (χ1v) is 10.7. The van der Waals surface area contributed by atoms with Crippen molar-refractivity contribution >= 4 is 5.52 Å². The Morgan fingerprint density at radius 2 is 1.55 bits per heavy atom. The molecule has 0 aliphatic carbocycles. The number of hydrogen-bond donors (Lipinski definition) is 0. The van der Waals surface area contributed by atoms with Crippen molar-refractivity contribution in [3.63, 3.8) is 0 Å². The fourth-order valence-corrected chi connectivity index (χ4v) is 4.11. The number of methoxy groups -OCH3 is 1. The van der Waals surface area contributed by atoms with Gasteiger partial charge in [-0.2, -0.15) is 5.26 Å². The Bertz CT molecular complexity index is 1450. The van der Waals surface area contributed by atoms with Crippen LogP contribution < -0.4 is 9.47 Å². The molecule has 0 fully saturated rings. The standard InChI is InChI=1S/C29H22N2O2/c1-32-25-14-8-9-22(17-25)20-33-29-26-18-21(19-30)15-16-31(26)28(24-12-6-3-7-13-24)27(29)23-10-4-2-5-11-23/h2-18H,20H2,1H3. The maximum atomic E-state index is 9.55. The molecule has 0 amide bonds. The van der Waals surface area contributed by atoms with Gasteiger partial charge in [0.1, 0.15) is 12.4 Å². The van der Waals surface area contributed by atoms with Crippen LogP contribution in [0.5, 0.6) is 11.5 Å². The molecule has 0 spiro atoms. The van der Waals surface area contributed by atoms with E-state index >= 15 is 0 Å². The summed E-state index contributed by atoms with van der Waals surface area (Å²) in [6, 6.07) is 34.3. The molecule has 0 radical (unpaired) electrons. The van der Waals surface area contributed by atoms with Gasteiger partial charge in [-0.05, 0) is 41.0 Å². The highest BCUT2D eigenvalue weighted by molar-refractivity contribution is 5.94. The molecule has 33 heavy (non-hydrogen) atoms. The van der Waals surface area contributed by atoms with E-state index in [0.29, 0.717) is 12.2 Å². The van der Waals surface area contributed by atoms with Gasteiger partial charge in [-0.15, -0.1) is 0 Å². The van der Waals surface area contributed by atoms with Crippen LogP contribution in [0, 0.1) is 11.3 Å². The summed E-state index contributed by atoms with van der Waals surface area (Å²) in [6.07, 6.45) is 1.95. The SMILES string of the molecule is COc1cccc(COc2c(-c3ccccc3)c(-c3ccccc3)n3ccc(C#N)cc23)c1. The minimum atomic E-state index is 0.377. The Kier molecular flexibility index (Phi) is 5.53. The van der Waals surface area contributed by atoms with E-state index in [-0.39, 0.29) is 0 Å². The minimum absolute atomic E-state index is 0.377. The fourth-order valence-electron chi connectivity index (χ4n) is 4.11. The summed E-state index contributed by atoms with van der Waals surface area (Å²) in [5, 5.41) is 9.55. The van der Waals surface area contributed by atoms with E-state index in [2.05, 4.69) is 34.7 Å². The Morgan fingerprint density at radius 3 is 2.24 bits per heavy atom. The lowest BCUT2D eigenvalue weighted by molar-refractivity contribution is 0.310. The maximum Gasteiger partial charge on any atom is 0.153 e. The molecule has 3 aromatic carbocycles. The van der Waals surface area contributed by atoms with Gasteiger partial charge in [0.15, 0.2) is 5.75 Å². The van der Waals surface area contributed by atoms with Crippen LogP contribution in [0.15, 0.2) is 103 Å². The molecule has 5 aromatic rings. The first-order chi connectivity index (χ1) is 16.3. The molecule has 0 unspecified atom stereocenters. The highest BCUT2D eigenvalue weighted by Gasteiger charge is 2.22. The maximum absolute atomic E-state index is 9.55. The van der Waals surface area contributed by atoms with Gasteiger partial charge < -0.3 is 13.9 Å². The second-order valence-corrected chi connectivity index (χ2v) is 7.71. The molecule has 4 nitrogen and oxygen atoms in total. The molecule has 0 saturated heterocycles. The first kappa shape index (κ1) is 20.4. The largest absolute Gasteiger partial charge is 0.497 e. The average Bonchev–Trinajstić information content (AvgIpc) is 3.22. The van der Waals surface area contributed by atoms with Crippen LogP contribution in [0.1, 0.15) is 11.1 Å². The first-order valence-electron chi connectivity index (χ1n) is 10.7. The van der Waals surface area contributed by atoms with Gasteiger partial charge >= 0.3 is 0 Å². The van der Waals surface area contributed by atoms with Crippen LogP contribution in [-0.2, 0) is 6.61 Å². The molecule has 160 valence electrons. The smallest absolute Gasteiger partial charge is 0.153 e. The van der Waals surface area contributed by atoms with Gasteiger partial charge in [-0.25, -0.2) is 0 Å². The normalized spacial score (nSPS) is 10.7. The number of aromatic nitrogens is 1. The quantitative estimate of drug-likeness (QED) is 0.300. The van der Waals surface area contributed by atoms with Crippen LogP contribution >= 0.6 is 0 Å². The Hall–Kier alpha value is -4.49. The van der Waals surface area contributed by atoms with Gasteiger partial charge in [0.25, 0.3) is 0 Å². The highest BCUT2D eigenvalue weighted by Crippen LogP contribution is 2.45. The van der Waals surface area contributed by atoms with Crippen LogP contribution in [0.25, 0.3) is 27.9 Å². The molecule has 0 saturated carbocycles. The molecular formula is C29H22N2O2. The van der Waals surface area contributed by atoms with Crippen molar-refractivity contribution in [2.75, 3.05) is 7.11 Å².